The Kier molecular flexibility index (Phi) is 17.2. The lowest BCUT2D eigenvalue weighted by molar-refractivity contribution is -0.323. The highest BCUT2D eigenvalue weighted by molar-refractivity contribution is 7.87. The maximum atomic E-state index is 12.6. The van der Waals surface area contributed by atoms with E-state index < -0.39 is 141 Å². The molecule has 12 nitrogen and oxygen atoms in total. The fraction of sp³-hybridized carbons (Fsp3) is 0.857. The normalized spacial score (nSPS) is 15.2. The summed E-state index contributed by atoms with van der Waals surface area (Å²) >= 11 is 0. The van der Waals surface area contributed by atoms with Crippen LogP contribution in [0.4, 0.5) is 79.0 Å². The lowest BCUT2D eigenvalue weighted by Crippen LogP contribution is -2.46. The highest BCUT2D eigenvalue weighted by Crippen LogP contribution is 2.37. The lowest BCUT2D eigenvalue weighted by Gasteiger charge is -2.27. The molecule has 2 unspecified atom stereocenters. The summed E-state index contributed by atoms with van der Waals surface area (Å²) in [5.74, 6) is -10.3. The van der Waals surface area contributed by atoms with Gasteiger partial charge in [-0.05, 0) is 0 Å². The van der Waals surface area contributed by atoms with Gasteiger partial charge < -0.3 is 33.0 Å². The molecule has 0 aliphatic heterocycles. The first-order chi connectivity index (χ1) is 23.0. The molecule has 0 fully saturated rings. The van der Waals surface area contributed by atoms with E-state index in [2.05, 4.69) is 28.4 Å². The Bertz CT molecular complexity index is 1230. The van der Waals surface area contributed by atoms with Crippen LogP contribution >= 0.6 is 0 Å². The predicted octanol–water partition coefficient (Wildman–Crippen LogP) is 4.07. The number of ether oxygens (including phenoxy) is 6. The molecular formula is C21H19F18O12S-. The van der Waals surface area contributed by atoms with E-state index in [1.54, 1.807) is 0 Å². The van der Waals surface area contributed by atoms with E-state index in [1.165, 1.54) is 0 Å². The van der Waals surface area contributed by atoms with Crippen molar-refractivity contribution in [1.82, 2.24) is 0 Å². The maximum absolute atomic E-state index is 12.6. The average Bonchev–Trinajstić information content (AvgIpc) is 2.86. The summed E-state index contributed by atoms with van der Waals surface area (Å²) in [7, 11) is -6.44. The summed E-state index contributed by atoms with van der Waals surface area (Å²) in [6.07, 6.45) is -52.2. The Morgan fingerprint density at radius 3 is 1.00 bits per heavy atom. The molecular weight excluding hydrogens is 818 g/mol. The molecule has 0 spiro atoms. The minimum absolute atomic E-state index is 1.61. The number of hydrogen-bond acceptors (Lipinski definition) is 12. The van der Waals surface area contributed by atoms with Crippen LogP contribution in [0.25, 0.3) is 0 Å². The fourth-order valence-corrected chi connectivity index (χ4v) is 4.20. The van der Waals surface area contributed by atoms with E-state index in [-0.39, 0.29) is 0 Å². The first-order valence-electron chi connectivity index (χ1n) is 12.7. The van der Waals surface area contributed by atoms with Crippen LogP contribution in [0, 0.1) is 5.92 Å². The van der Waals surface area contributed by atoms with Crippen molar-refractivity contribution in [2.24, 2.45) is 5.92 Å². The van der Waals surface area contributed by atoms with Crippen LogP contribution in [0.2, 0.25) is 0 Å². The van der Waals surface area contributed by atoms with E-state index in [0.717, 1.165) is 0 Å². The summed E-state index contributed by atoms with van der Waals surface area (Å²) in [5.41, 5.74) is 0. The molecule has 52 heavy (non-hydrogen) atoms. The Hall–Kier alpha value is -3.06. The summed E-state index contributed by atoms with van der Waals surface area (Å²) in [6, 6.07) is 0. The number of carbonyl (C=O) groups excluding carboxylic acids is 3. The van der Waals surface area contributed by atoms with Gasteiger partial charge in [0.1, 0.15) is 29.9 Å². The minimum Gasteiger partial charge on any atom is -0.747 e. The van der Waals surface area contributed by atoms with Crippen molar-refractivity contribution in [3.8, 4) is 0 Å². The Balaban J connectivity index is 6.07. The van der Waals surface area contributed by atoms with Crippen LogP contribution in [0.3, 0.4) is 0 Å². The van der Waals surface area contributed by atoms with Gasteiger partial charge in [0.2, 0.25) is 18.3 Å². The van der Waals surface area contributed by atoms with Gasteiger partial charge in [-0.15, -0.1) is 0 Å². The second-order valence-corrected chi connectivity index (χ2v) is 10.8. The Labute approximate surface area is 276 Å². The summed E-state index contributed by atoms with van der Waals surface area (Å²) in [4.78, 5) is 37.0. The van der Waals surface area contributed by atoms with Gasteiger partial charge in [-0.25, -0.2) is 8.42 Å². The van der Waals surface area contributed by atoms with Crippen molar-refractivity contribution in [3.63, 3.8) is 0 Å². The molecule has 0 heterocycles. The second kappa shape index (κ2) is 18.3. The van der Waals surface area contributed by atoms with Crippen LogP contribution in [0.1, 0.15) is 6.42 Å². The molecule has 0 radical (unpaired) electrons. The minimum atomic E-state index is -6.44. The molecule has 308 valence electrons. The van der Waals surface area contributed by atoms with Crippen molar-refractivity contribution < 1.29 is 135 Å². The summed E-state index contributed by atoms with van der Waals surface area (Å²) in [6.45, 7) is -10.7. The molecule has 0 aliphatic carbocycles. The first-order valence-corrected chi connectivity index (χ1v) is 14.2. The van der Waals surface area contributed by atoms with Crippen LogP contribution in [0.5, 0.6) is 0 Å². The second-order valence-electron chi connectivity index (χ2n) is 9.28. The molecule has 0 rings (SSSR count). The van der Waals surface area contributed by atoms with E-state index in [1.807, 2.05) is 0 Å². The molecule has 0 aromatic carbocycles. The summed E-state index contributed by atoms with van der Waals surface area (Å²) < 4.78 is 284. The molecule has 0 N–H and O–H groups in total. The number of halogens is 18. The average molecular weight is 837 g/mol. The van der Waals surface area contributed by atoms with E-state index in [9.17, 15) is 106 Å². The predicted molar refractivity (Wildman–Crippen MR) is 120 cm³/mol. The topological polar surface area (TPSA) is 164 Å². The molecule has 0 bridgehead atoms. The third kappa shape index (κ3) is 17.2. The largest absolute Gasteiger partial charge is 0.747 e. The van der Waals surface area contributed by atoms with Gasteiger partial charge in [-0.2, -0.15) is 79.0 Å². The van der Waals surface area contributed by atoms with Gasteiger partial charge >= 0.3 is 55.0 Å². The van der Waals surface area contributed by atoms with Crippen molar-refractivity contribution in [2.45, 2.75) is 67.0 Å². The fourth-order valence-electron chi connectivity index (χ4n) is 3.29. The zero-order valence-corrected chi connectivity index (χ0v) is 25.3. The van der Waals surface area contributed by atoms with Gasteiger partial charge in [-0.3, -0.25) is 14.4 Å². The van der Waals surface area contributed by atoms with E-state index in [4.69, 9.17) is 0 Å². The molecule has 0 amide bonds. The molecule has 0 aromatic heterocycles. The van der Waals surface area contributed by atoms with E-state index >= 15 is 0 Å². The standard InChI is InChI=1S/C21H20F18O12S/c22-16(23,24)13(17(25,26)27)49-4-1-46-9(40)7-8(11(41)47-2-5-50-14(18(28,29)30)19(31,32)33)10(52(43,44)45)12(42)48-3-6-51-15(20(34,35)36)21(37,38)39/h8,10,13-15H,1-7H2,(H,43,44,45)/p-1. The van der Waals surface area contributed by atoms with Crippen LogP contribution in [-0.2, 0) is 52.9 Å². The van der Waals surface area contributed by atoms with Gasteiger partial charge in [0, 0.05) is 0 Å². The molecule has 2 atom stereocenters. The van der Waals surface area contributed by atoms with Crippen molar-refractivity contribution in [1.29, 1.82) is 0 Å². The van der Waals surface area contributed by atoms with Crippen molar-refractivity contribution in [3.05, 3.63) is 0 Å². The van der Waals surface area contributed by atoms with Gasteiger partial charge in [0.15, 0.2) is 5.25 Å². The lowest BCUT2D eigenvalue weighted by atomic mass is 10.0. The smallest absolute Gasteiger partial charge is 0.423 e. The first kappa shape index (κ1) is 48.9. The number of alkyl halides is 18. The van der Waals surface area contributed by atoms with Crippen molar-refractivity contribution in [2.75, 3.05) is 39.6 Å². The van der Waals surface area contributed by atoms with E-state index in [0.29, 0.717) is 0 Å². The quantitative estimate of drug-likeness (QED) is 0.0641. The zero-order valence-electron chi connectivity index (χ0n) is 24.4. The number of carbonyl (C=O) groups is 3. The number of hydrogen-bond donors (Lipinski definition) is 0. The van der Waals surface area contributed by atoms with Crippen LogP contribution < -0.4 is 0 Å². The molecule has 0 aromatic rings. The van der Waals surface area contributed by atoms with Gasteiger partial charge in [0.25, 0.3) is 0 Å². The number of esters is 3. The monoisotopic (exact) mass is 837 g/mol. The molecule has 0 saturated carbocycles. The van der Waals surface area contributed by atoms with Gasteiger partial charge in [-0.1, -0.05) is 0 Å². The van der Waals surface area contributed by atoms with Gasteiger partial charge in [0.05, 0.1) is 32.2 Å². The highest BCUT2D eigenvalue weighted by atomic mass is 32.2. The third-order valence-corrected chi connectivity index (χ3v) is 6.38. The van der Waals surface area contributed by atoms with Crippen LogP contribution in [-0.4, -0.2) is 131 Å². The SMILES string of the molecule is O=C(CC(C(=O)OCCOC(C(F)(F)F)C(F)(F)F)C(C(=O)OCCOC(C(F)(F)F)C(F)(F)F)S(=O)(=O)[O-])OCCOC(C(F)(F)F)C(F)(F)F. The maximum Gasteiger partial charge on any atom is 0.423 e. The molecule has 0 saturated heterocycles. The Morgan fingerprint density at radius 2 is 0.731 bits per heavy atom. The highest BCUT2D eigenvalue weighted by Gasteiger charge is 2.60. The van der Waals surface area contributed by atoms with Crippen molar-refractivity contribution >= 4 is 28.0 Å². The number of rotatable bonds is 18. The Morgan fingerprint density at radius 1 is 0.462 bits per heavy atom. The summed E-state index contributed by atoms with van der Waals surface area (Å²) in [5, 5.41) is -3.68. The molecule has 31 heteroatoms. The van der Waals surface area contributed by atoms with Crippen LogP contribution in [0.15, 0.2) is 0 Å². The third-order valence-electron chi connectivity index (χ3n) is 5.24. The zero-order chi connectivity index (χ0) is 41.3. The molecule has 0 aliphatic rings.